The van der Waals surface area contributed by atoms with E-state index in [0.717, 1.165) is 26.2 Å². The zero-order valence-electron chi connectivity index (χ0n) is 16.3. The van der Waals surface area contributed by atoms with Gasteiger partial charge < -0.3 is 20.3 Å². The quantitative estimate of drug-likeness (QED) is 0.528. The van der Waals surface area contributed by atoms with Crippen molar-refractivity contribution in [3.8, 4) is 0 Å². The summed E-state index contributed by atoms with van der Waals surface area (Å²) in [6, 6.07) is 8.66. The molecule has 140 valence electrons. The van der Waals surface area contributed by atoms with Crippen molar-refractivity contribution in [1.29, 1.82) is 0 Å². The molecular weight excluding hydrogens is 314 g/mol. The predicted octanol–water partition coefficient (Wildman–Crippen LogP) is 3.70. The van der Waals surface area contributed by atoms with Crippen molar-refractivity contribution in [2.24, 2.45) is 0 Å². The summed E-state index contributed by atoms with van der Waals surface area (Å²) in [6.45, 7) is 14.0. The topological polar surface area (TPSA) is 53.6 Å². The lowest BCUT2D eigenvalue weighted by molar-refractivity contribution is 0.0534. The molecular formula is C20H33N3O2. The number of hydrogen-bond acceptors (Lipinski definition) is 4. The van der Waals surface area contributed by atoms with Crippen molar-refractivity contribution in [3.05, 3.63) is 42.0 Å². The normalized spacial score (nSPS) is 11.6. The Hall–Kier alpha value is -2.01. The number of ether oxygens (including phenoxy) is 1. The zero-order chi connectivity index (χ0) is 18.7. The van der Waals surface area contributed by atoms with Crippen molar-refractivity contribution in [1.82, 2.24) is 10.6 Å². The molecule has 0 saturated heterocycles. The minimum absolute atomic E-state index is 0.390. The number of carbonyl (C=O) groups is 1. The lowest BCUT2D eigenvalue weighted by Gasteiger charge is -2.21. The van der Waals surface area contributed by atoms with Crippen LogP contribution >= 0.6 is 0 Å². The van der Waals surface area contributed by atoms with E-state index < -0.39 is 11.7 Å². The van der Waals surface area contributed by atoms with E-state index in [1.165, 1.54) is 11.3 Å². The molecule has 5 nitrogen and oxygen atoms in total. The van der Waals surface area contributed by atoms with Crippen LogP contribution in [0, 0.1) is 0 Å². The van der Waals surface area contributed by atoms with Crippen LogP contribution in [0.5, 0.6) is 0 Å². The van der Waals surface area contributed by atoms with E-state index in [-0.39, 0.29) is 0 Å². The number of carbonyl (C=O) groups excluding carboxylic acids is 1. The second-order valence-electron chi connectivity index (χ2n) is 6.82. The second-order valence-corrected chi connectivity index (χ2v) is 6.82. The average Bonchev–Trinajstić information content (AvgIpc) is 2.54. The van der Waals surface area contributed by atoms with E-state index in [9.17, 15) is 4.79 Å². The van der Waals surface area contributed by atoms with E-state index in [4.69, 9.17) is 4.74 Å². The van der Waals surface area contributed by atoms with Gasteiger partial charge in [-0.15, -0.1) is 0 Å². The largest absolute Gasteiger partial charge is 0.444 e. The monoisotopic (exact) mass is 347 g/mol. The van der Waals surface area contributed by atoms with Crippen molar-refractivity contribution in [3.63, 3.8) is 0 Å². The average molecular weight is 348 g/mol. The Labute approximate surface area is 152 Å². The van der Waals surface area contributed by atoms with Crippen LogP contribution in [0.2, 0.25) is 0 Å². The molecule has 1 aromatic rings. The Morgan fingerprint density at radius 2 is 1.68 bits per heavy atom. The van der Waals surface area contributed by atoms with Gasteiger partial charge in [-0.2, -0.15) is 0 Å². The van der Waals surface area contributed by atoms with Crippen LogP contribution in [-0.2, 0) is 11.3 Å². The number of hydrogen-bond donors (Lipinski definition) is 2. The molecule has 25 heavy (non-hydrogen) atoms. The summed E-state index contributed by atoms with van der Waals surface area (Å²) < 4.78 is 5.16. The van der Waals surface area contributed by atoms with Crippen LogP contribution in [0.15, 0.2) is 36.4 Å². The van der Waals surface area contributed by atoms with Gasteiger partial charge in [-0.1, -0.05) is 24.3 Å². The number of anilines is 1. The van der Waals surface area contributed by atoms with Gasteiger partial charge in [0.1, 0.15) is 5.60 Å². The molecule has 0 aliphatic heterocycles. The second kappa shape index (κ2) is 10.8. The van der Waals surface area contributed by atoms with E-state index in [1.54, 1.807) is 0 Å². The number of nitrogens with zero attached hydrogens (tertiary/aromatic N) is 1. The third-order valence-electron chi connectivity index (χ3n) is 3.59. The summed E-state index contributed by atoms with van der Waals surface area (Å²) in [5, 5.41) is 6.06. The molecule has 0 spiro atoms. The Morgan fingerprint density at radius 1 is 1.08 bits per heavy atom. The summed E-state index contributed by atoms with van der Waals surface area (Å²) in [6.07, 6.45) is 3.53. The van der Waals surface area contributed by atoms with Gasteiger partial charge in [0.15, 0.2) is 0 Å². The third kappa shape index (κ3) is 9.15. The van der Waals surface area contributed by atoms with Gasteiger partial charge in [0.05, 0.1) is 0 Å². The van der Waals surface area contributed by atoms with E-state index in [1.807, 2.05) is 32.9 Å². The van der Waals surface area contributed by atoms with Crippen LogP contribution in [0.1, 0.15) is 40.2 Å². The van der Waals surface area contributed by atoms with Crippen molar-refractivity contribution in [2.45, 2.75) is 46.8 Å². The molecule has 0 radical (unpaired) electrons. The Kier molecular flexibility index (Phi) is 9.06. The van der Waals surface area contributed by atoms with Crippen LogP contribution in [0.4, 0.5) is 10.5 Å². The zero-order valence-corrected chi connectivity index (χ0v) is 16.3. The summed E-state index contributed by atoms with van der Waals surface area (Å²) in [4.78, 5) is 13.8. The maximum Gasteiger partial charge on any atom is 0.407 e. The molecule has 5 heteroatoms. The fraction of sp³-hybridized carbons (Fsp3) is 0.550. The lowest BCUT2D eigenvalue weighted by Crippen LogP contribution is -2.32. The highest BCUT2D eigenvalue weighted by Gasteiger charge is 2.14. The fourth-order valence-corrected chi connectivity index (χ4v) is 2.34. The van der Waals surface area contributed by atoms with Gasteiger partial charge in [0.25, 0.3) is 0 Å². The molecule has 1 aromatic carbocycles. The van der Waals surface area contributed by atoms with Gasteiger partial charge in [0, 0.05) is 38.4 Å². The first-order chi connectivity index (χ1) is 11.9. The Bertz CT molecular complexity index is 529. The maximum absolute atomic E-state index is 11.5. The van der Waals surface area contributed by atoms with Gasteiger partial charge >= 0.3 is 6.09 Å². The molecule has 0 heterocycles. The summed E-state index contributed by atoms with van der Waals surface area (Å²) in [5.41, 5.74) is 2.06. The van der Waals surface area contributed by atoms with Gasteiger partial charge in [-0.05, 0) is 52.3 Å². The van der Waals surface area contributed by atoms with Gasteiger partial charge in [0.2, 0.25) is 0 Å². The predicted molar refractivity (Wildman–Crippen MR) is 105 cm³/mol. The number of benzene rings is 1. The van der Waals surface area contributed by atoms with Gasteiger partial charge in [-0.25, -0.2) is 4.79 Å². The summed E-state index contributed by atoms with van der Waals surface area (Å²) in [7, 11) is 0. The Morgan fingerprint density at radius 3 is 2.24 bits per heavy atom. The van der Waals surface area contributed by atoms with E-state index in [0.29, 0.717) is 6.54 Å². The fourth-order valence-electron chi connectivity index (χ4n) is 2.34. The first-order valence-corrected chi connectivity index (χ1v) is 9.02. The third-order valence-corrected chi connectivity index (χ3v) is 3.59. The highest BCUT2D eigenvalue weighted by atomic mass is 16.6. The Balaban J connectivity index is 2.22. The number of rotatable bonds is 9. The van der Waals surface area contributed by atoms with Crippen molar-refractivity contribution < 1.29 is 9.53 Å². The molecule has 1 amide bonds. The highest BCUT2D eigenvalue weighted by Crippen LogP contribution is 2.14. The van der Waals surface area contributed by atoms with Crippen LogP contribution in [0.3, 0.4) is 0 Å². The van der Waals surface area contributed by atoms with Crippen molar-refractivity contribution >= 4 is 11.8 Å². The minimum Gasteiger partial charge on any atom is -0.444 e. The minimum atomic E-state index is -0.462. The molecule has 0 atom stereocenters. The first kappa shape index (κ1) is 21.0. The smallest absolute Gasteiger partial charge is 0.407 e. The number of alkyl carbamates (subject to hydrolysis) is 1. The summed E-state index contributed by atoms with van der Waals surface area (Å²) in [5.74, 6) is 0. The van der Waals surface area contributed by atoms with Crippen molar-refractivity contribution in [2.75, 3.05) is 31.1 Å². The molecule has 0 saturated carbocycles. The molecule has 0 unspecified atom stereocenters. The maximum atomic E-state index is 11.5. The molecule has 0 aliphatic carbocycles. The SMILES string of the molecule is CCN(CC)c1ccc(CNC/C=C/CNC(=O)OC(C)(C)C)cc1. The van der Waals surface area contributed by atoms with Gasteiger partial charge in [-0.3, -0.25) is 0 Å². The van der Waals surface area contributed by atoms with Crippen LogP contribution in [0.25, 0.3) is 0 Å². The first-order valence-electron chi connectivity index (χ1n) is 9.02. The molecule has 0 fully saturated rings. The standard InChI is InChI=1S/C20H33N3O2/c1-6-23(7-2)18-12-10-17(11-13-18)16-21-14-8-9-15-22-19(24)25-20(3,4)5/h8-13,21H,6-7,14-16H2,1-5H3,(H,22,24)/b9-8+. The van der Waals surface area contributed by atoms with Crippen LogP contribution in [-0.4, -0.2) is 37.9 Å². The highest BCUT2D eigenvalue weighted by molar-refractivity contribution is 5.67. The lowest BCUT2D eigenvalue weighted by atomic mass is 10.2. The molecule has 0 bridgehead atoms. The van der Waals surface area contributed by atoms with Crippen LogP contribution < -0.4 is 15.5 Å². The molecule has 0 aliphatic rings. The number of amides is 1. The molecule has 2 N–H and O–H groups in total. The molecule has 1 rings (SSSR count). The summed E-state index contributed by atoms with van der Waals surface area (Å²) >= 11 is 0. The molecule has 0 aromatic heterocycles. The van der Waals surface area contributed by atoms with E-state index >= 15 is 0 Å². The number of nitrogens with one attached hydrogen (secondary N) is 2. The van der Waals surface area contributed by atoms with E-state index in [2.05, 4.69) is 53.6 Å².